The number of carbonyl (C=O) groups excluding carboxylic acids is 2. The molecule has 0 spiro atoms. The summed E-state index contributed by atoms with van der Waals surface area (Å²) in [6.07, 6.45) is 7.60. The molecule has 0 aromatic heterocycles. The molecule has 1 heterocycles. The Balaban J connectivity index is 2.62. The molecule has 0 aromatic rings. The minimum absolute atomic E-state index is 0.0365. The van der Waals surface area contributed by atoms with Gasteiger partial charge in [-0.15, -0.1) is 12.3 Å². The maximum atomic E-state index is 12.1. The summed E-state index contributed by atoms with van der Waals surface area (Å²) >= 11 is 0. The average molecular weight is 236 g/mol. The predicted molar refractivity (Wildman–Crippen MR) is 66.1 cm³/mol. The van der Waals surface area contributed by atoms with Crippen molar-refractivity contribution in [3.8, 4) is 12.3 Å². The molecule has 1 aliphatic heterocycles. The van der Waals surface area contributed by atoms with E-state index in [0.717, 1.165) is 12.8 Å². The highest BCUT2D eigenvalue weighted by Crippen LogP contribution is 2.19. The number of amides is 2. The summed E-state index contributed by atoms with van der Waals surface area (Å²) < 4.78 is 0. The van der Waals surface area contributed by atoms with E-state index in [2.05, 4.69) is 11.2 Å². The highest BCUT2D eigenvalue weighted by molar-refractivity contribution is 6.05. The zero-order chi connectivity index (χ0) is 12.8. The first-order chi connectivity index (χ1) is 8.15. The molecule has 1 aliphatic rings. The molecule has 0 radical (unpaired) electrons. The van der Waals surface area contributed by atoms with Gasteiger partial charge in [0.2, 0.25) is 11.8 Å². The van der Waals surface area contributed by atoms with Crippen molar-refractivity contribution in [2.45, 2.75) is 51.6 Å². The van der Waals surface area contributed by atoms with Crippen LogP contribution < -0.4 is 5.32 Å². The molecule has 0 bridgehead atoms. The molecular formula is C13H20N2O2. The van der Waals surface area contributed by atoms with E-state index in [4.69, 9.17) is 6.42 Å². The highest BCUT2D eigenvalue weighted by atomic mass is 16.2. The van der Waals surface area contributed by atoms with Crippen LogP contribution >= 0.6 is 0 Å². The fourth-order valence-corrected chi connectivity index (χ4v) is 2.17. The third-order valence-corrected chi connectivity index (χ3v) is 3.15. The number of carbonyl (C=O) groups is 2. The lowest BCUT2D eigenvalue weighted by Gasteiger charge is -2.24. The number of terminal acetylenes is 1. The van der Waals surface area contributed by atoms with Crippen molar-refractivity contribution in [3.05, 3.63) is 0 Å². The van der Waals surface area contributed by atoms with Crippen LogP contribution in [0.2, 0.25) is 0 Å². The molecule has 4 heteroatoms. The first kappa shape index (κ1) is 13.7. The maximum absolute atomic E-state index is 12.1. The van der Waals surface area contributed by atoms with E-state index in [1.807, 2.05) is 13.8 Å². The first-order valence-electron chi connectivity index (χ1n) is 6.18. The van der Waals surface area contributed by atoms with Gasteiger partial charge in [0, 0.05) is 19.0 Å². The standard InChI is InChI=1S/C13H20N2O2/c1-4-7-8-14-11-9-12(16)15(13(11)17)10(5-2)6-3/h1,10-11,14H,5-9H2,2-3H3. The van der Waals surface area contributed by atoms with Gasteiger partial charge in [0.1, 0.15) is 0 Å². The molecule has 2 amide bonds. The Hall–Kier alpha value is -1.34. The van der Waals surface area contributed by atoms with Crippen molar-refractivity contribution in [2.24, 2.45) is 0 Å². The lowest BCUT2D eigenvalue weighted by atomic mass is 10.1. The molecule has 17 heavy (non-hydrogen) atoms. The molecule has 1 N–H and O–H groups in total. The van der Waals surface area contributed by atoms with Crippen LogP contribution in [0.25, 0.3) is 0 Å². The SMILES string of the molecule is C#CCCNC1CC(=O)N(C(CC)CC)C1=O. The Morgan fingerprint density at radius 1 is 1.47 bits per heavy atom. The molecule has 1 saturated heterocycles. The number of hydrogen-bond acceptors (Lipinski definition) is 3. The molecular weight excluding hydrogens is 216 g/mol. The molecule has 1 rings (SSSR count). The Bertz CT molecular complexity index is 329. The van der Waals surface area contributed by atoms with Gasteiger partial charge >= 0.3 is 0 Å². The van der Waals surface area contributed by atoms with Crippen LogP contribution in [-0.2, 0) is 9.59 Å². The van der Waals surface area contributed by atoms with Crippen molar-refractivity contribution in [2.75, 3.05) is 6.54 Å². The lowest BCUT2D eigenvalue weighted by Crippen LogP contribution is -2.43. The number of nitrogens with zero attached hydrogens (tertiary/aromatic N) is 1. The van der Waals surface area contributed by atoms with Gasteiger partial charge in [0.05, 0.1) is 12.5 Å². The largest absolute Gasteiger partial charge is 0.304 e. The number of imide groups is 1. The van der Waals surface area contributed by atoms with Crippen LogP contribution in [0, 0.1) is 12.3 Å². The third-order valence-electron chi connectivity index (χ3n) is 3.15. The fraction of sp³-hybridized carbons (Fsp3) is 0.692. The Morgan fingerprint density at radius 3 is 2.65 bits per heavy atom. The monoisotopic (exact) mass is 236 g/mol. The lowest BCUT2D eigenvalue weighted by molar-refractivity contribution is -0.141. The van der Waals surface area contributed by atoms with Gasteiger partial charge in [-0.25, -0.2) is 0 Å². The molecule has 0 saturated carbocycles. The van der Waals surface area contributed by atoms with Gasteiger partial charge in [0.15, 0.2) is 0 Å². The summed E-state index contributed by atoms with van der Waals surface area (Å²) in [6.45, 7) is 4.57. The Morgan fingerprint density at radius 2 is 2.12 bits per heavy atom. The summed E-state index contributed by atoms with van der Waals surface area (Å²) in [5.41, 5.74) is 0. The van der Waals surface area contributed by atoms with E-state index in [0.29, 0.717) is 13.0 Å². The van der Waals surface area contributed by atoms with Gasteiger partial charge in [-0.05, 0) is 12.8 Å². The van der Waals surface area contributed by atoms with Crippen LogP contribution in [0.1, 0.15) is 39.5 Å². The smallest absolute Gasteiger partial charge is 0.247 e. The van der Waals surface area contributed by atoms with Crippen LogP contribution in [0.15, 0.2) is 0 Å². The molecule has 0 aliphatic carbocycles. The van der Waals surface area contributed by atoms with Gasteiger partial charge in [-0.2, -0.15) is 0 Å². The molecule has 4 nitrogen and oxygen atoms in total. The van der Waals surface area contributed by atoms with Crippen molar-refractivity contribution in [1.82, 2.24) is 10.2 Å². The molecule has 1 atom stereocenters. The summed E-state index contributed by atoms with van der Waals surface area (Å²) in [4.78, 5) is 25.3. The normalized spacial score (nSPS) is 20.1. The molecule has 1 unspecified atom stereocenters. The number of nitrogens with one attached hydrogen (secondary N) is 1. The number of likely N-dealkylation sites (tertiary alicyclic amines) is 1. The zero-order valence-corrected chi connectivity index (χ0v) is 10.5. The summed E-state index contributed by atoms with van der Waals surface area (Å²) in [5, 5.41) is 3.04. The van der Waals surface area contributed by atoms with Crippen molar-refractivity contribution >= 4 is 11.8 Å². The van der Waals surface area contributed by atoms with E-state index in [1.165, 1.54) is 4.90 Å². The number of hydrogen-bond donors (Lipinski definition) is 1. The quantitative estimate of drug-likeness (QED) is 0.424. The van der Waals surface area contributed by atoms with Crippen LogP contribution in [0.4, 0.5) is 0 Å². The predicted octanol–water partition coefficient (Wildman–Crippen LogP) is 0.915. The van der Waals surface area contributed by atoms with Gasteiger partial charge < -0.3 is 5.32 Å². The zero-order valence-electron chi connectivity index (χ0n) is 10.5. The van der Waals surface area contributed by atoms with Crippen molar-refractivity contribution < 1.29 is 9.59 Å². The second kappa shape index (κ2) is 6.41. The highest BCUT2D eigenvalue weighted by Gasteiger charge is 2.40. The van der Waals surface area contributed by atoms with Crippen LogP contribution in [0.3, 0.4) is 0 Å². The summed E-state index contributed by atoms with van der Waals surface area (Å²) in [6, 6.07) is -0.342. The minimum Gasteiger partial charge on any atom is -0.304 e. The number of rotatable bonds is 6. The maximum Gasteiger partial charge on any atom is 0.247 e. The average Bonchev–Trinajstić information content (AvgIpc) is 2.59. The van der Waals surface area contributed by atoms with E-state index < -0.39 is 0 Å². The molecule has 1 fully saturated rings. The van der Waals surface area contributed by atoms with Crippen LogP contribution in [0.5, 0.6) is 0 Å². The van der Waals surface area contributed by atoms with E-state index in [1.54, 1.807) is 0 Å². The van der Waals surface area contributed by atoms with Gasteiger partial charge in [0.25, 0.3) is 0 Å². The topological polar surface area (TPSA) is 49.4 Å². The van der Waals surface area contributed by atoms with Crippen LogP contribution in [-0.4, -0.2) is 35.3 Å². The van der Waals surface area contributed by atoms with Crippen molar-refractivity contribution in [3.63, 3.8) is 0 Å². The molecule has 0 aromatic carbocycles. The minimum atomic E-state index is -0.378. The van der Waals surface area contributed by atoms with Crippen molar-refractivity contribution in [1.29, 1.82) is 0 Å². The van der Waals surface area contributed by atoms with E-state index >= 15 is 0 Å². The van der Waals surface area contributed by atoms with Gasteiger partial charge in [-0.3, -0.25) is 14.5 Å². The second-order valence-corrected chi connectivity index (χ2v) is 4.24. The van der Waals surface area contributed by atoms with E-state index in [9.17, 15) is 9.59 Å². The van der Waals surface area contributed by atoms with E-state index in [-0.39, 0.29) is 30.3 Å². The second-order valence-electron chi connectivity index (χ2n) is 4.24. The summed E-state index contributed by atoms with van der Waals surface area (Å²) in [7, 11) is 0. The first-order valence-corrected chi connectivity index (χ1v) is 6.18. The summed E-state index contributed by atoms with van der Waals surface area (Å²) in [5.74, 6) is 2.34. The Labute approximate surface area is 103 Å². The molecule has 94 valence electrons. The fourth-order valence-electron chi connectivity index (χ4n) is 2.17. The third kappa shape index (κ3) is 3.07. The Kier molecular flexibility index (Phi) is 5.17. The van der Waals surface area contributed by atoms with Gasteiger partial charge in [-0.1, -0.05) is 13.8 Å².